The number of nitrogens with one attached hydrogen (secondary N) is 1. The maximum Gasteiger partial charge on any atom is 0.320 e. The van der Waals surface area contributed by atoms with Gasteiger partial charge in [-0.1, -0.05) is 29.8 Å². The number of carbonyl (C=O) groups excluding carboxylic acids is 1. The first kappa shape index (κ1) is 23.0. The quantitative estimate of drug-likeness (QED) is 0.315. The zero-order chi connectivity index (χ0) is 23.3. The summed E-state index contributed by atoms with van der Waals surface area (Å²) >= 11 is 6.14. The Morgan fingerprint density at radius 2 is 1.94 bits per heavy atom. The van der Waals surface area contributed by atoms with Crippen LogP contribution in [-0.2, 0) is 17.8 Å². The largest absolute Gasteiger partial charge is 0.480 e. The number of carboxylic acid groups (broad SMARTS) is 1. The Labute approximate surface area is 189 Å². The van der Waals surface area contributed by atoms with Gasteiger partial charge in [0.15, 0.2) is 5.96 Å². The SMILES string of the molecule is Cc1ccn(-c2cc(Cl)ccc2CNC(N)=NC(=O)c2ccc(CC(N)C(=O)O)cc2)n1. The lowest BCUT2D eigenvalue weighted by Gasteiger charge is -2.12. The molecule has 166 valence electrons. The van der Waals surface area contributed by atoms with Gasteiger partial charge in [0.25, 0.3) is 5.91 Å². The highest BCUT2D eigenvalue weighted by atomic mass is 35.5. The molecule has 1 amide bonds. The third-order valence-corrected chi connectivity index (χ3v) is 4.91. The number of aryl methyl sites for hydroxylation is 1. The summed E-state index contributed by atoms with van der Waals surface area (Å²) < 4.78 is 1.72. The van der Waals surface area contributed by atoms with Crippen molar-refractivity contribution in [2.24, 2.45) is 16.5 Å². The summed E-state index contributed by atoms with van der Waals surface area (Å²) in [5, 5.41) is 16.8. The Balaban J connectivity index is 1.66. The predicted molar refractivity (Wildman–Crippen MR) is 122 cm³/mol. The Morgan fingerprint density at radius 3 is 2.56 bits per heavy atom. The molecule has 6 N–H and O–H groups in total. The van der Waals surface area contributed by atoms with Crippen molar-refractivity contribution in [2.45, 2.75) is 25.9 Å². The van der Waals surface area contributed by atoms with E-state index in [1.54, 1.807) is 41.1 Å². The summed E-state index contributed by atoms with van der Waals surface area (Å²) in [5.41, 5.74) is 15.0. The van der Waals surface area contributed by atoms with Crippen molar-refractivity contribution in [1.82, 2.24) is 15.1 Å². The fourth-order valence-corrected chi connectivity index (χ4v) is 3.14. The van der Waals surface area contributed by atoms with E-state index in [9.17, 15) is 9.59 Å². The van der Waals surface area contributed by atoms with Crippen LogP contribution in [0.4, 0.5) is 0 Å². The Morgan fingerprint density at radius 1 is 1.22 bits per heavy atom. The van der Waals surface area contributed by atoms with Gasteiger partial charge in [0.05, 0.1) is 11.4 Å². The van der Waals surface area contributed by atoms with Crippen molar-refractivity contribution in [1.29, 1.82) is 0 Å². The molecule has 1 aromatic heterocycles. The minimum atomic E-state index is -1.08. The number of aromatic nitrogens is 2. The molecule has 0 spiro atoms. The number of carboxylic acids is 1. The average molecular weight is 455 g/mol. The van der Waals surface area contributed by atoms with Crippen molar-refractivity contribution < 1.29 is 14.7 Å². The molecule has 10 heteroatoms. The van der Waals surface area contributed by atoms with Gasteiger partial charge in [-0.05, 0) is 54.8 Å². The number of benzene rings is 2. The number of aliphatic carboxylic acids is 1. The first-order valence-corrected chi connectivity index (χ1v) is 10.1. The number of nitrogens with zero attached hydrogens (tertiary/aromatic N) is 3. The molecule has 0 aliphatic rings. The van der Waals surface area contributed by atoms with Crippen molar-refractivity contribution in [3.63, 3.8) is 0 Å². The van der Waals surface area contributed by atoms with Crippen LogP contribution >= 0.6 is 11.6 Å². The predicted octanol–water partition coefficient (Wildman–Crippen LogP) is 2.03. The van der Waals surface area contributed by atoms with Crippen LogP contribution in [-0.4, -0.2) is 38.8 Å². The molecule has 0 bridgehead atoms. The van der Waals surface area contributed by atoms with Crippen molar-refractivity contribution in [3.05, 3.63) is 82.1 Å². The lowest BCUT2D eigenvalue weighted by molar-refractivity contribution is -0.138. The molecule has 0 aliphatic carbocycles. The molecule has 0 aliphatic heterocycles. The molecule has 0 saturated carbocycles. The maximum absolute atomic E-state index is 12.4. The smallest absolute Gasteiger partial charge is 0.320 e. The average Bonchev–Trinajstić information content (AvgIpc) is 3.19. The molecule has 1 heterocycles. The van der Waals surface area contributed by atoms with Gasteiger partial charge in [-0.3, -0.25) is 9.59 Å². The molecule has 1 unspecified atom stereocenters. The van der Waals surface area contributed by atoms with Gasteiger partial charge in [-0.25, -0.2) is 4.68 Å². The van der Waals surface area contributed by atoms with E-state index in [0.717, 1.165) is 16.9 Å². The van der Waals surface area contributed by atoms with E-state index in [2.05, 4.69) is 15.4 Å². The first-order valence-electron chi connectivity index (χ1n) is 9.73. The van der Waals surface area contributed by atoms with Crippen LogP contribution in [0.25, 0.3) is 5.69 Å². The molecule has 2 aromatic carbocycles. The Kier molecular flexibility index (Phi) is 7.24. The van der Waals surface area contributed by atoms with E-state index in [0.29, 0.717) is 22.7 Å². The Hall–Kier alpha value is -3.69. The molecular weight excluding hydrogens is 432 g/mol. The third kappa shape index (κ3) is 5.93. The molecule has 3 aromatic rings. The van der Waals surface area contributed by atoms with Gasteiger partial charge in [-0.15, -0.1) is 0 Å². The van der Waals surface area contributed by atoms with Crippen molar-refractivity contribution in [2.75, 3.05) is 0 Å². The van der Waals surface area contributed by atoms with Crippen LogP contribution in [0, 0.1) is 6.92 Å². The van der Waals surface area contributed by atoms with Crippen LogP contribution in [0.15, 0.2) is 59.7 Å². The van der Waals surface area contributed by atoms with Gasteiger partial charge >= 0.3 is 5.97 Å². The summed E-state index contributed by atoms with van der Waals surface area (Å²) in [6, 6.07) is 12.7. The molecule has 3 rings (SSSR count). The van der Waals surface area contributed by atoms with Crippen LogP contribution in [0.5, 0.6) is 0 Å². The number of carbonyl (C=O) groups is 2. The lowest BCUT2D eigenvalue weighted by atomic mass is 10.0. The topological polar surface area (TPSA) is 149 Å². The van der Waals surface area contributed by atoms with Crippen LogP contribution in [0.1, 0.15) is 27.2 Å². The molecule has 0 fully saturated rings. The monoisotopic (exact) mass is 454 g/mol. The molecule has 0 saturated heterocycles. The number of amides is 1. The minimum Gasteiger partial charge on any atom is -0.480 e. The van der Waals surface area contributed by atoms with Gasteiger partial charge in [-0.2, -0.15) is 10.1 Å². The number of guanidine groups is 1. The highest BCUT2D eigenvalue weighted by Gasteiger charge is 2.13. The van der Waals surface area contributed by atoms with E-state index in [1.165, 1.54) is 0 Å². The fourth-order valence-electron chi connectivity index (χ4n) is 2.97. The lowest BCUT2D eigenvalue weighted by Crippen LogP contribution is -2.32. The first-order chi connectivity index (χ1) is 15.2. The van der Waals surface area contributed by atoms with Crippen LogP contribution in [0.2, 0.25) is 5.02 Å². The highest BCUT2D eigenvalue weighted by molar-refractivity contribution is 6.30. The van der Waals surface area contributed by atoms with Gasteiger partial charge in [0.1, 0.15) is 6.04 Å². The minimum absolute atomic E-state index is 0.0375. The zero-order valence-electron chi connectivity index (χ0n) is 17.3. The van der Waals surface area contributed by atoms with Crippen LogP contribution in [0.3, 0.4) is 0 Å². The van der Waals surface area contributed by atoms with E-state index >= 15 is 0 Å². The second-order valence-electron chi connectivity index (χ2n) is 7.18. The maximum atomic E-state index is 12.4. The van der Waals surface area contributed by atoms with E-state index < -0.39 is 17.9 Å². The van der Waals surface area contributed by atoms with Crippen LogP contribution < -0.4 is 16.8 Å². The number of hydrogen-bond donors (Lipinski definition) is 4. The summed E-state index contributed by atoms with van der Waals surface area (Å²) in [6.07, 6.45) is 1.99. The molecular formula is C22H23ClN6O3. The standard InChI is InChI=1S/C22H23ClN6O3/c1-13-8-9-29(28-13)19-11-17(23)7-6-16(19)12-26-22(25)27-20(30)15-4-2-14(3-5-15)10-18(24)21(31)32/h2-9,11,18H,10,12,24H2,1H3,(H,31,32)(H3,25,26,27,30). The summed E-state index contributed by atoms with van der Waals surface area (Å²) in [7, 11) is 0. The van der Waals surface area contributed by atoms with Crippen molar-refractivity contribution >= 4 is 29.4 Å². The number of aliphatic imine (C=N–C) groups is 1. The zero-order valence-corrected chi connectivity index (χ0v) is 18.1. The van der Waals surface area contributed by atoms with Gasteiger partial charge in [0.2, 0.25) is 0 Å². The van der Waals surface area contributed by atoms with E-state index in [-0.39, 0.29) is 12.4 Å². The summed E-state index contributed by atoms with van der Waals surface area (Å²) in [5.74, 6) is -1.65. The molecule has 32 heavy (non-hydrogen) atoms. The third-order valence-electron chi connectivity index (χ3n) is 4.67. The summed E-state index contributed by atoms with van der Waals surface area (Å²) in [6.45, 7) is 2.20. The van der Waals surface area contributed by atoms with E-state index in [4.69, 9.17) is 28.2 Å². The Bertz CT molecular complexity index is 1160. The van der Waals surface area contributed by atoms with Crippen molar-refractivity contribution in [3.8, 4) is 5.69 Å². The molecule has 9 nitrogen and oxygen atoms in total. The second kappa shape index (κ2) is 10.1. The van der Waals surface area contributed by atoms with Gasteiger partial charge < -0.3 is 21.9 Å². The second-order valence-corrected chi connectivity index (χ2v) is 7.61. The fraction of sp³-hybridized carbons (Fsp3) is 0.182. The van der Waals surface area contributed by atoms with E-state index in [1.807, 2.05) is 25.3 Å². The number of halogens is 1. The molecule has 1 atom stereocenters. The number of hydrogen-bond acceptors (Lipinski definition) is 4. The summed E-state index contributed by atoms with van der Waals surface area (Å²) in [4.78, 5) is 27.1. The number of nitrogens with two attached hydrogens (primary N) is 2. The van der Waals surface area contributed by atoms with Gasteiger partial charge in [0, 0.05) is 23.3 Å². The number of rotatable bonds is 7. The highest BCUT2D eigenvalue weighted by Crippen LogP contribution is 2.20. The molecule has 0 radical (unpaired) electrons. The normalized spacial score (nSPS) is 12.4.